The molecule has 2 aromatic rings. The van der Waals surface area contributed by atoms with Crippen molar-refractivity contribution in [3.8, 4) is 5.88 Å². The van der Waals surface area contributed by atoms with Crippen molar-refractivity contribution in [2.24, 2.45) is 56.6 Å². The fourth-order valence-electron chi connectivity index (χ4n) is 10.3. The first-order valence-electron chi connectivity index (χ1n) is 15.8. The average molecular weight is 583 g/mol. The van der Waals surface area contributed by atoms with Crippen LogP contribution in [0.1, 0.15) is 85.0 Å². The van der Waals surface area contributed by atoms with Crippen LogP contribution in [0.25, 0.3) is 10.9 Å². The number of aromatic hydroxyl groups is 1. The van der Waals surface area contributed by atoms with Gasteiger partial charge in [0.15, 0.2) is 11.4 Å². The van der Waals surface area contributed by atoms with Gasteiger partial charge in [0.25, 0.3) is 5.91 Å². The number of aliphatic hydroxyl groups excluding tert-OH is 2. The molecule has 230 valence electrons. The molecular weight excluding hydrogens is 536 g/mol. The lowest BCUT2D eigenvalue weighted by Crippen LogP contribution is -2.99. The number of rotatable bonds is 6. The van der Waals surface area contributed by atoms with Crippen molar-refractivity contribution in [3.05, 3.63) is 23.4 Å². The number of aromatic amines is 1. The molecule has 1 heterocycles. The molecule has 0 bridgehead atoms. The number of nitrogens with zero attached hydrogens (tertiary/aromatic N) is 2. The van der Waals surface area contributed by atoms with Gasteiger partial charge in [-0.3, -0.25) is 4.79 Å². The van der Waals surface area contributed by atoms with Gasteiger partial charge in [-0.25, -0.2) is 5.21 Å². The van der Waals surface area contributed by atoms with Gasteiger partial charge in [-0.15, -0.1) is 10.2 Å². The highest BCUT2D eigenvalue weighted by atomic mass is 16.8. The Kier molecular flexibility index (Phi) is 7.75. The summed E-state index contributed by atoms with van der Waals surface area (Å²) >= 11 is 0. The third-order valence-electron chi connectivity index (χ3n) is 12.5. The number of fused-ring (bicyclic) bond motifs is 6. The van der Waals surface area contributed by atoms with Crippen LogP contribution >= 0.6 is 0 Å². The predicted octanol–water partition coefficient (Wildman–Crippen LogP) is 5.29. The lowest BCUT2D eigenvalue weighted by atomic mass is 9.43. The summed E-state index contributed by atoms with van der Waals surface area (Å²) in [6.07, 6.45) is 8.58. The highest BCUT2D eigenvalue weighted by Crippen LogP contribution is 2.68. The third kappa shape index (κ3) is 4.89. The maximum atomic E-state index is 12.8. The highest BCUT2D eigenvalue weighted by Gasteiger charge is 2.62. The SMILES string of the molecule is C[C@@H](CCC(=O)N=Nc1c(O)[nH]c2cc([NH+]([O-])O)ccc12)[C@H]1CC[C@@H]2[C@H]3[C@H](O)C[C@@H]4C[C@@H](O)CC[C@]4(C)[C@H]3CC[C@@]21C. The number of aromatic nitrogens is 1. The maximum absolute atomic E-state index is 12.8. The van der Waals surface area contributed by atoms with E-state index in [1.807, 2.05) is 0 Å². The zero-order chi connectivity index (χ0) is 30.0. The molecule has 0 radical (unpaired) electrons. The van der Waals surface area contributed by atoms with E-state index >= 15 is 0 Å². The number of aliphatic hydroxyl groups is 2. The summed E-state index contributed by atoms with van der Waals surface area (Å²) in [7, 11) is 0. The fourth-order valence-corrected chi connectivity index (χ4v) is 10.3. The van der Waals surface area contributed by atoms with Gasteiger partial charge in [-0.2, -0.15) is 5.23 Å². The number of amides is 1. The molecule has 4 aliphatic rings. The van der Waals surface area contributed by atoms with E-state index < -0.39 is 5.23 Å². The molecule has 1 aromatic heterocycles. The topological polar surface area (TPSA) is 166 Å². The summed E-state index contributed by atoms with van der Waals surface area (Å²) in [5, 5.41) is 59.9. The van der Waals surface area contributed by atoms with E-state index in [2.05, 4.69) is 36.0 Å². The van der Waals surface area contributed by atoms with E-state index in [0.29, 0.717) is 52.8 Å². The smallest absolute Gasteiger partial charge is 0.264 e. The van der Waals surface area contributed by atoms with E-state index in [0.717, 1.165) is 51.4 Å². The Morgan fingerprint density at radius 1 is 1.12 bits per heavy atom. The van der Waals surface area contributed by atoms with Gasteiger partial charge < -0.3 is 25.5 Å². The summed E-state index contributed by atoms with van der Waals surface area (Å²) < 4.78 is 0. The van der Waals surface area contributed by atoms with Crippen molar-refractivity contribution in [2.75, 3.05) is 0 Å². The number of carbonyl (C=O) groups excluding carboxylic acids is 1. The van der Waals surface area contributed by atoms with Gasteiger partial charge in [-0.1, -0.05) is 20.8 Å². The standard InChI is InChI=1S/C32H46N4O6/c1-17(4-9-27(39)34-35-29-21-6-5-19(36(41)42)16-25(21)33-30(29)40)22-7-8-23-28-24(11-13-32(22,23)3)31(2)12-10-20(37)14-18(31)15-26(28)38/h5-6,16-18,20,22-24,26,28,33,36-38,40-41H,4,7-15H2,1-3H3/t17-,18-,20-,22+,23+,24-,26+,28+,31-,32+/m0/s1. The van der Waals surface area contributed by atoms with E-state index in [1.165, 1.54) is 12.1 Å². The van der Waals surface area contributed by atoms with E-state index in [9.17, 15) is 30.5 Å². The Bertz CT molecular complexity index is 1360. The Morgan fingerprint density at radius 2 is 1.86 bits per heavy atom. The lowest BCUT2D eigenvalue weighted by Gasteiger charge is -2.62. The van der Waals surface area contributed by atoms with Crippen LogP contribution in [-0.4, -0.2) is 43.6 Å². The zero-order valence-corrected chi connectivity index (χ0v) is 24.9. The van der Waals surface area contributed by atoms with E-state index in [4.69, 9.17) is 0 Å². The van der Waals surface area contributed by atoms with Crippen molar-refractivity contribution < 1.29 is 30.5 Å². The van der Waals surface area contributed by atoms with Crippen LogP contribution in [0, 0.1) is 51.5 Å². The van der Waals surface area contributed by atoms with Crippen molar-refractivity contribution in [1.29, 1.82) is 0 Å². The van der Waals surface area contributed by atoms with Crippen LogP contribution < -0.4 is 5.23 Å². The quantitative estimate of drug-likeness (QED) is 0.200. The summed E-state index contributed by atoms with van der Waals surface area (Å²) in [5.74, 6) is 1.96. The molecule has 1 unspecified atom stereocenters. The first-order valence-corrected chi connectivity index (χ1v) is 15.8. The van der Waals surface area contributed by atoms with Crippen molar-refractivity contribution in [2.45, 2.75) is 97.2 Å². The second-order valence-corrected chi connectivity index (χ2v) is 14.5. The molecular formula is C32H46N4O6. The zero-order valence-electron chi connectivity index (χ0n) is 24.9. The van der Waals surface area contributed by atoms with Crippen LogP contribution in [0.2, 0.25) is 0 Å². The maximum Gasteiger partial charge on any atom is 0.264 e. The monoisotopic (exact) mass is 582 g/mol. The van der Waals surface area contributed by atoms with Gasteiger partial charge in [0.1, 0.15) is 0 Å². The highest BCUT2D eigenvalue weighted by molar-refractivity contribution is 5.95. The number of nitrogens with one attached hydrogen (secondary N) is 2. The number of hydrogen-bond acceptors (Lipinski definition) is 7. The average Bonchev–Trinajstić information content (AvgIpc) is 3.46. The van der Waals surface area contributed by atoms with Gasteiger partial charge in [0, 0.05) is 23.9 Å². The Labute approximate surface area is 246 Å². The number of H-pyrrole nitrogens is 1. The Morgan fingerprint density at radius 3 is 2.62 bits per heavy atom. The molecule has 4 saturated carbocycles. The van der Waals surface area contributed by atoms with Gasteiger partial charge in [0.05, 0.1) is 17.7 Å². The minimum atomic E-state index is -1.07. The van der Waals surface area contributed by atoms with E-state index in [-0.39, 0.29) is 52.6 Å². The molecule has 0 aliphatic heterocycles. The minimum Gasteiger partial charge on any atom is -0.595 e. The van der Waals surface area contributed by atoms with Crippen LogP contribution in [0.3, 0.4) is 0 Å². The van der Waals surface area contributed by atoms with Crippen molar-refractivity contribution in [3.63, 3.8) is 0 Å². The molecule has 4 fully saturated rings. The third-order valence-corrected chi connectivity index (χ3v) is 12.5. The van der Waals surface area contributed by atoms with Crippen LogP contribution in [-0.2, 0) is 4.79 Å². The molecule has 0 saturated heterocycles. The second kappa shape index (κ2) is 11.0. The molecule has 0 spiro atoms. The normalized spacial score (nSPS) is 39.5. The Hall–Kier alpha value is -2.37. The van der Waals surface area contributed by atoms with Crippen molar-refractivity contribution in [1.82, 2.24) is 4.98 Å². The molecule has 11 atom stereocenters. The predicted molar refractivity (Wildman–Crippen MR) is 156 cm³/mol. The number of carbonyl (C=O) groups is 1. The number of quaternary nitrogens is 1. The number of azo groups is 1. The molecule has 1 amide bonds. The molecule has 6 N–H and O–H groups in total. The molecule has 1 aromatic carbocycles. The van der Waals surface area contributed by atoms with Crippen LogP contribution in [0.15, 0.2) is 28.4 Å². The summed E-state index contributed by atoms with van der Waals surface area (Å²) in [4.78, 5) is 15.5. The Balaban J connectivity index is 1.10. The van der Waals surface area contributed by atoms with Crippen molar-refractivity contribution >= 4 is 28.2 Å². The molecule has 10 nitrogen and oxygen atoms in total. The number of hydrogen-bond donors (Lipinski definition) is 6. The molecule has 4 aliphatic carbocycles. The van der Waals surface area contributed by atoms with Gasteiger partial charge in [0.2, 0.25) is 5.88 Å². The van der Waals surface area contributed by atoms with Crippen LogP contribution in [0.5, 0.6) is 5.88 Å². The van der Waals surface area contributed by atoms with E-state index in [1.54, 1.807) is 6.07 Å². The molecule has 10 heteroatoms. The van der Waals surface area contributed by atoms with Crippen LogP contribution in [0.4, 0.5) is 11.4 Å². The first-order chi connectivity index (χ1) is 19.9. The largest absolute Gasteiger partial charge is 0.595 e. The fraction of sp³-hybridized carbons (Fsp3) is 0.719. The number of benzene rings is 1. The molecule has 6 rings (SSSR count). The first kappa shape index (κ1) is 29.7. The lowest BCUT2D eigenvalue weighted by molar-refractivity contribution is -0.991. The molecule has 42 heavy (non-hydrogen) atoms. The summed E-state index contributed by atoms with van der Waals surface area (Å²) in [6.45, 7) is 7.12. The van der Waals surface area contributed by atoms with Gasteiger partial charge >= 0.3 is 0 Å². The van der Waals surface area contributed by atoms with Gasteiger partial charge in [-0.05, 0) is 110 Å². The minimum absolute atomic E-state index is 0.0823. The summed E-state index contributed by atoms with van der Waals surface area (Å²) in [5.41, 5.74) is 0.978. The summed E-state index contributed by atoms with van der Waals surface area (Å²) in [6, 6.07) is 4.38. The second-order valence-electron chi connectivity index (χ2n) is 14.5.